The molecular weight excluding hydrogens is 392 g/mol. The van der Waals surface area contributed by atoms with Crippen LogP contribution in [0.3, 0.4) is 0 Å². The van der Waals surface area contributed by atoms with E-state index >= 15 is 0 Å². The molecule has 1 aliphatic heterocycles. The third kappa shape index (κ3) is 4.53. The zero-order chi connectivity index (χ0) is 22.0. The van der Waals surface area contributed by atoms with E-state index in [-0.39, 0.29) is 11.7 Å². The molecule has 0 bridgehead atoms. The molecule has 1 aromatic heterocycles. The molecule has 0 radical (unpaired) electrons. The van der Waals surface area contributed by atoms with Gasteiger partial charge in [-0.05, 0) is 55.2 Å². The Morgan fingerprint density at radius 2 is 1.84 bits per heavy atom. The Balaban J connectivity index is 1.53. The van der Waals surface area contributed by atoms with Crippen molar-refractivity contribution in [3.8, 4) is 0 Å². The van der Waals surface area contributed by atoms with Crippen LogP contribution in [0.15, 0.2) is 42.7 Å². The van der Waals surface area contributed by atoms with Crippen molar-refractivity contribution in [2.75, 3.05) is 22.1 Å². The summed E-state index contributed by atoms with van der Waals surface area (Å²) in [4.78, 5) is 38.3. The normalized spacial score (nSPS) is 12.8. The second-order valence-electron chi connectivity index (χ2n) is 7.60. The molecule has 1 amide bonds. The number of nitrogens with one attached hydrogen (secondary N) is 2. The Morgan fingerprint density at radius 1 is 1.03 bits per heavy atom. The molecule has 2 N–H and O–H groups in total. The minimum atomic E-state index is -0.122. The number of nitrogens with zero attached hydrogens (tertiary/aromatic N) is 4. The quantitative estimate of drug-likeness (QED) is 0.612. The molecule has 1 aliphatic rings. The number of benzene rings is 2. The van der Waals surface area contributed by atoms with Gasteiger partial charge in [0.2, 0.25) is 17.8 Å². The summed E-state index contributed by atoms with van der Waals surface area (Å²) < 4.78 is 0. The van der Waals surface area contributed by atoms with Crippen molar-refractivity contribution in [1.82, 2.24) is 15.0 Å². The Labute approximate surface area is 180 Å². The largest absolute Gasteiger partial charge is 0.336 e. The summed E-state index contributed by atoms with van der Waals surface area (Å²) in [5.74, 6) is 0.986. The van der Waals surface area contributed by atoms with E-state index in [0.717, 1.165) is 35.5 Å². The third-order valence-electron chi connectivity index (χ3n) is 5.36. The Bertz CT molecular complexity index is 1160. The van der Waals surface area contributed by atoms with E-state index in [4.69, 9.17) is 0 Å². The monoisotopic (exact) mass is 416 g/mol. The summed E-state index contributed by atoms with van der Waals surface area (Å²) in [7, 11) is 0. The van der Waals surface area contributed by atoms with Crippen LogP contribution in [-0.2, 0) is 17.8 Å². The maximum Gasteiger partial charge on any atom is 0.232 e. The van der Waals surface area contributed by atoms with Gasteiger partial charge in [0.05, 0.1) is 0 Å². The van der Waals surface area contributed by atoms with E-state index in [2.05, 4.69) is 30.5 Å². The zero-order valence-corrected chi connectivity index (χ0v) is 17.8. The number of fused-ring (bicyclic) bond motifs is 1. The maximum atomic E-state index is 11.6. The first kappa shape index (κ1) is 20.5. The fourth-order valence-electron chi connectivity index (χ4n) is 3.66. The molecule has 0 fully saturated rings. The van der Waals surface area contributed by atoms with E-state index in [1.807, 2.05) is 43.3 Å². The summed E-state index contributed by atoms with van der Waals surface area (Å²) in [6.07, 6.45) is 2.31. The van der Waals surface area contributed by atoms with Gasteiger partial charge in [0.1, 0.15) is 6.33 Å². The number of hydrogen-bond acceptors (Lipinski definition) is 7. The Kier molecular flexibility index (Phi) is 5.62. The van der Waals surface area contributed by atoms with Crippen LogP contribution in [-0.4, -0.2) is 33.2 Å². The van der Waals surface area contributed by atoms with Crippen LogP contribution in [0, 0.1) is 6.92 Å². The highest BCUT2D eigenvalue weighted by atomic mass is 16.1. The molecule has 4 rings (SSSR count). The highest BCUT2D eigenvalue weighted by Crippen LogP contribution is 2.27. The van der Waals surface area contributed by atoms with Gasteiger partial charge in [-0.15, -0.1) is 0 Å². The van der Waals surface area contributed by atoms with Crippen LogP contribution in [0.4, 0.5) is 23.3 Å². The van der Waals surface area contributed by atoms with Gasteiger partial charge >= 0.3 is 0 Å². The smallest absolute Gasteiger partial charge is 0.232 e. The van der Waals surface area contributed by atoms with E-state index in [0.29, 0.717) is 18.4 Å². The second kappa shape index (κ2) is 8.51. The fourth-order valence-corrected chi connectivity index (χ4v) is 3.66. The number of carbonyl (C=O) groups is 2. The van der Waals surface area contributed by atoms with Gasteiger partial charge in [-0.25, -0.2) is 9.97 Å². The molecule has 0 saturated carbocycles. The predicted octanol–water partition coefficient (Wildman–Crippen LogP) is 3.65. The van der Waals surface area contributed by atoms with Crippen molar-refractivity contribution in [2.45, 2.75) is 33.7 Å². The lowest BCUT2D eigenvalue weighted by atomic mass is 9.96. The van der Waals surface area contributed by atoms with Crippen LogP contribution in [0.25, 0.3) is 0 Å². The number of Topliss-reactive ketones (excluding diaryl/α,β-unsaturated/α-hetero) is 1. The van der Waals surface area contributed by atoms with E-state index in [1.54, 1.807) is 6.92 Å². The SMILES string of the molecule is CC(=O)Nc1cccc(Nc2ncnc(N3CCc4cc(C(C)=O)ccc4C3)n2)c1C. The molecule has 0 unspecified atom stereocenters. The number of amides is 1. The van der Waals surface area contributed by atoms with E-state index in [1.165, 1.54) is 24.4 Å². The van der Waals surface area contributed by atoms with Crippen molar-refractivity contribution in [3.63, 3.8) is 0 Å². The van der Waals surface area contributed by atoms with Crippen molar-refractivity contribution in [3.05, 3.63) is 65.0 Å². The highest BCUT2D eigenvalue weighted by Gasteiger charge is 2.20. The number of carbonyl (C=O) groups excluding carboxylic acids is 2. The van der Waals surface area contributed by atoms with Gasteiger partial charge < -0.3 is 15.5 Å². The first-order valence-electron chi connectivity index (χ1n) is 10.1. The third-order valence-corrected chi connectivity index (χ3v) is 5.36. The summed E-state index contributed by atoms with van der Waals surface area (Å²) in [5.41, 5.74) is 5.56. The molecule has 8 nitrogen and oxygen atoms in total. The van der Waals surface area contributed by atoms with Gasteiger partial charge in [-0.3, -0.25) is 9.59 Å². The van der Waals surface area contributed by atoms with Crippen LogP contribution in [0.5, 0.6) is 0 Å². The lowest BCUT2D eigenvalue weighted by molar-refractivity contribution is -0.114. The molecule has 2 aromatic carbocycles. The number of anilines is 4. The molecule has 31 heavy (non-hydrogen) atoms. The van der Waals surface area contributed by atoms with Crippen LogP contribution in [0.1, 0.15) is 40.9 Å². The minimum absolute atomic E-state index is 0.0799. The Morgan fingerprint density at radius 3 is 2.61 bits per heavy atom. The predicted molar refractivity (Wildman–Crippen MR) is 120 cm³/mol. The first-order valence-corrected chi connectivity index (χ1v) is 10.1. The van der Waals surface area contributed by atoms with E-state index in [9.17, 15) is 9.59 Å². The van der Waals surface area contributed by atoms with Gasteiger partial charge in [0, 0.05) is 37.0 Å². The van der Waals surface area contributed by atoms with Crippen LogP contribution in [0.2, 0.25) is 0 Å². The average Bonchev–Trinajstić information content (AvgIpc) is 2.75. The van der Waals surface area contributed by atoms with Crippen molar-refractivity contribution in [1.29, 1.82) is 0 Å². The minimum Gasteiger partial charge on any atom is -0.336 e. The van der Waals surface area contributed by atoms with Gasteiger partial charge in [0.25, 0.3) is 0 Å². The number of hydrogen-bond donors (Lipinski definition) is 2. The molecule has 0 saturated heterocycles. The molecule has 8 heteroatoms. The molecule has 0 spiro atoms. The number of rotatable bonds is 5. The average molecular weight is 416 g/mol. The second-order valence-corrected chi connectivity index (χ2v) is 7.60. The summed E-state index contributed by atoms with van der Waals surface area (Å²) in [6.45, 7) is 6.43. The zero-order valence-electron chi connectivity index (χ0n) is 17.8. The fraction of sp³-hybridized carbons (Fsp3) is 0.261. The number of aromatic nitrogens is 3. The molecule has 158 valence electrons. The van der Waals surface area contributed by atoms with Gasteiger partial charge in [0.15, 0.2) is 5.78 Å². The molecular formula is C23H24N6O2. The summed E-state index contributed by atoms with van der Waals surface area (Å²) in [6, 6.07) is 11.5. The van der Waals surface area contributed by atoms with Crippen LogP contribution < -0.4 is 15.5 Å². The number of ketones is 1. The Hall–Kier alpha value is -3.81. The summed E-state index contributed by atoms with van der Waals surface area (Å²) in [5, 5.41) is 6.05. The molecule has 2 heterocycles. The van der Waals surface area contributed by atoms with Gasteiger partial charge in [-0.1, -0.05) is 18.2 Å². The molecule has 0 aliphatic carbocycles. The summed E-state index contributed by atoms with van der Waals surface area (Å²) >= 11 is 0. The molecule has 3 aromatic rings. The van der Waals surface area contributed by atoms with E-state index < -0.39 is 0 Å². The van der Waals surface area contributed by atoms with Gasteiger partial charge in [-0.2, -0.15) is 4.98 Å². The first-order chi connectivity index (χ1) is 14.9. The molecule has 0 atom stereocenters. The highest BCUT2D eigenvalue weighted by molar-refractivity contribution is 5.94. The van der Waals surface area contributed by atoms with Crippen LogP contribution >= 0.6 is 0 Å². The topological polar surface area (TPSA) is 100 Å². The lowest BCUT2D eigenvalue weighted by Gasteiger charge is -2.29. The van der Waals surface area contributed by atoms with Crippen molar-refractivity contribution >= 4 is 35.0 Å². The van der Waals surface area contributed by atoms with Crippen molar-refractivity contribution in [2.24, 2.45) is 0 Å². The lowest BCUT2D eigenvalue weighted by Crippen LogP contribution is -2.32. The van der Waals surface area contributed by atoms with Crippen molar-refractivity contribution < 1.29 is 9.59 Å². The maximum absolute atomic E-state index is 11.6. The standard InChI is InChI=1S/C23H24N6O2/c1-14-20(26-16(3)31)5-4-6-21(14)27-22-24-13-25-23(28-22)29-10-9-18-11-17(15(2)30)7-8-19(18)12-29/h4-8,11,13H,9-10,12H2,1-3H3,(H,26,31)(H,24,25,27,28).